The Morgan fingerprint density at radius 2 is 1.52 bits per heavy atom. The summed E-state index contributed by atoms with van der Waals surface area (Å²) in [6.07, 6.45) is 0. The minimum absolute atomic E-state index is 0.0234. The van der Waals surface area contributed by atoms with Crippen molar-refractivity contribution in [2.24, 2.45) is 4.99 Å². The van der Waals surface area contributed by atoms with E-state index in [0.29, 0.717) is 40.0 Å². The number of benzene rings is 4. The van der Waals surface area contributed by atoms with Gasteiger partial charge >= 0.3 is 5.97 Å². The average Bonchev–Trinajstić information content (AvgIpc) is 3.34. The molecule has 0 spiro atoms. The number of esters is 1. The van der Waals surface area contributed by atoms with E-state index in [-0.39, 0.29) is 18.3 Å². The minimum atomic E-state index is -0.462. The van der Waals surface area contributed by atoms with Gasteiger partial charge in [-0.05, 0) is 49.0 Å². The predicted molar refractivity (Wildman–Crippen MR) is 166 cm³/mol. The third kappa shape index (κ3) is 6.24. The van der Waals surface area contributed by atoms with Gasteiger partial charge in [0.2, 0.25) is 5.91 Å². The predicted octanol–water partition coefficient (Wildman–Crippen LogP) is 5.92. The van der Waals surface area contributed by atoms with Crippen LogP contribution >= 0.6 is 0 Å². The summed E-state index contributed by atoms with van der Waals surface area (Å²) in [5, 5.41) is 11.7. The molecule has 0 saturated carbocycles. The van der Waals surface area contributed by atoms with Crippen LogP contribution in [0.1, 0.15) is 27.0 Å². The molecule has 0 saturated heterocycles. The molecule has 5 rings (SSSR count). The first-order chi connectivity index (χ1) is 20.3. The lowest BCUT2D eigenvalue weighted by atomic mass is 10.00. The van der Waals surface area contributed by atoms with E-state index >= 15 is 0 Å². The van der Waals surface area contributed by atoms with Crippen LogP contribution in [0.2, 0.25) is 0 Å². The third-order valence-electron chi connectivity index (χ3n) is 7.04. The van der Waals surface area contributed by atoms with E-state index in [9.17, 15) is 14.7 Å². The Balaban J connectivity index is 1.41. The first kappa shape index (κ1) is 28.3. The molecule has 0 aliphatic rings. The van der Waals surface area contributed by atoms with Gasteiger partial charge in [0, 0.05) is 35.7 Å². The molecule has 0 fully saturated rings. The summed E-state index contributed by atoms with van der Waals surface area (Å²) >= 11 is 0. The number of nitrogens with zero attached hydrogens (tertiary/aromatic N) is 3. The second-order valence-electron chi connectivity index (χ2n) is 10.1. The van der Waals surface area contributed by atoms with Crippen LogP contribution in [0.4, 0.5) is 11.4 Å². The van der Waals surface area contributed by atoms with E-state index in [0.717, 1.165) is 16.8 Å². The van der Waals surface area contributed by atoms with Crippen LogP contribution in [0.5, 0.6) is 5.88 Å². The second-order valence-corrected chi connectivity index (χ2v) is 10.1. The monoisotopic (exact) mass is 560 g/mol. The summed E-state index contributed by atoms with van der Waals surface area (Å²) in [5.74, 6) is -0.545. The van der Waals surface area contributed by atoms with Gasteiger partial charge in [-0.1, -0.05) is 66.7 Å². The highest BCUT2D eigenvalue weighted by molar-refractivity contribution is 6.22. The zero-order valence-corrected chi connectivity index (χ0v) is 23.7. The fourth-order valence-corrected chi connectivity index (χ4v) is 4.84. The molecule has 42 heavy (non-hydrogen) atoms. The molecule has 0 unspecified atom stereocenters. The number of anilines is 1. The highest BCUT2D eigenvalue weighted by Crippen LogP contribution is 2.32. The van der Waals surface area contributed by atoms with Gasteiger partial charge in [-0.3, -0.25) is 9.69 Å². The van der Waals surface area contributed by atoms with Crippen LogP contribution in [0, 0.1) is 0 Å². The Hall–Kier alpha value is -5.21. The topological polar surface area (TPSA) is 98.2 Å². The highest BCUT2D eigenvalue weighted by Gasteiger charge is 2.20. The third-order valence-corrected chi connectivity index (χ3v) is 7.04. The molecule has 5 aromatic rings. The van der Waals surface area contributed by atoms with Crippen LogP contribution in [0.25, 0.3) is 10.9 Å². The molecule has 1 aromatic heterocycles. The summed E-state index contributed by atoms with van der Waals surface area (Å²) in [5.41, 5.74) is 5.40. The first-order valence-electron chi connectivity index (χ1n) is 13.5. The van der Waals surface area contributed by atoms with E-state index in [4.69, 9.17) is 9.73 Å². The molecule has 1 heterocycles. The number of carbonyl (C=O) groups is 2. The maximum Gasteiger partial charge on any atom is 0.337 e. The molecule has 2 N–H and O–H groups in total. The number of carbonyl (C=O) groups excluding carboxylic acids is 2. The number of aromatic nitrogens is 1. The number of nitrogens with one attached hydrogen (secondary N) is 1. The van der Waals surface area contributed by atoms with Gasteiger partial charge in [-0.25, -0.2) is 9.79 Å². The number of aliphatic imine (C=N–C) groups is 1. The van der Waals surface area contributed by atoms with E-state index in [1.54, 1.807) is 30.1 Å². The van der Waals surface area contributed by atoms with Gasteiger partial charge in [-0.15, -0.1) is 0 Å². The van der Waals surface area contributed by atoms with Crippen molar-refractivity contribution in [1.29, 1.82) is 0 Å². The Kier molecular flexibility index (Phi) is 8.45. The number of hydrogen-bond acceptors (Lipinski definition) is 6. The summed E-state index contributed by atoms with van der Waals surface area (Å²) < 4.78 is 4.84. The van der Waals surface area contributed by atoms with Gasteiger partial charge in [0.15, 0.2) is 5.88 Å². The summed E-state index contributed by atoms with van der Waals surface area (Å²) in [6.45, 7) is 0.960. The maximum atomic E-state index is 13.0. The summed E-state index contributed by atoms with van der Waals surface area (Å²) in [7, 11) is 5.02. The average molecular weight is 561 g/mol. The Morgan fingerprint density at radius 3 is 2.19 bits per heavy atom. The normalized spacial score (nSPS) is 11.6. The van der Waals surface area contributed by atoms with Crippen molar-refractivity contribution in [2.75, 3.05) is 32.6 Å². The molecule has 0 aliphatic carbocycles. The number of aromatic hydroxyl groups is 1. The van der Waals surface area contributed by atoms with Crippen LogP contribution in [0.3, 0.4) is 0 Å². The number of likely N-dealkylation sites (N-methyl/N-ethyl adjacent to an activating group) is 2. The molecule has 4 aromatic carbocycles. The van der Waals surface area contributed by atoms with Crippen LogP contribution in [-0.2, 0) is 16.1 Å². The van der Waals surface area contributed by atoms with E-state index < -0.39 is 5.97 Å². The van der Waals surface area contributed by atoms with Gasteiger partial charge in [0.1, 0.15) is 0 Å². The smallest absolute Gasteiger partial charge is 0.337 e. The lowest BCUT2D eigenvalue weighted by Crippen LogP contribution is -2.36. The molecule has 212 valence electrons. The standard InChI is InChI=1S/C34H32N4O4/c1-37(21-23-10-6-4-7-11-23)22-30(39)38(2)27-17-15-26(16-18-27)35-32(24-12-8-5-9-13-24)31-28-19-14-25(34(41)42-3)20-29(28)36-33(31)40/h4-20,36,40H,21-22H2,1-3H3. The van der Waals surface area contributed by atoms with Crippen molar-refractivity contribution in [3.63, 3.8) is 0 Å². The molecule has 8 heteroatoms. The molecule has 1 amide bonds. The van der Waals surface area contributed by atoms with Crippen molar-refractivity contribution in [2.45, 2.75) is 6.54 Å². The quantitative estimate of drug-likeness (QED) is 0.172. The van der Waals surface area contributed by atoms with Crippen LogP contribution in [-0.4, -0.2) is 60.3 Å². The maximum absolute atomic E-state index is 13.0. The number of amides is 1. The first-order valence-corrected chi connectivity index (χ1v) is 13.5. The molecule has 0 aliphatic heterocycles. The number of hydrogen-bond donors (Lipinski definition) is 2. The lowest BCUT2D eigenvalue weighted by molar-refractivity contribution is -0.119. The van der Waals surface area contributed by atoms with Gasteiger partial charge in [0.25, 0.3) is 0 Å². The molecule has 8 nitrogen and oxygen atoms in total. The van der Waals surface area contributed by atoms with E-state index in [1.165, 1.54) is 7.11 Å². The fraction of sp³-hybridized carbons (Fsp3) is 0.147. The molecule has 0 radical (unpaired) electrons. The molecular weight excluding hydrogens is 528 g/mol. The van der Waals surface area contributed by atoms with Crippen LogP contribution < -0.4 is 4.90 Å². The number of rotatable bonds is 9. The lowest BCUT2D eigenvalue weighted by Gasteiger charge is -2.22. The molecular formula is C34H32N4O4. The second kappa shape index (κ2) is 12.5. The number of ether oxygens (including phenoxy) is 1. The van der Waals surface area contributed by atoms with Crippen molar-refractivity contribution in [1.82, 2.24) is 9.88 Å². The summed E-state index contributed by atoms with van der Waals surface area (Å²) in [6, 6.07) is 32.1. The van der Waals surface area contributed by atoms with Crippen molar-refractivity contribution < 1.29 is 19.4 Å². The number of H-pyrrole nitrogens is 1. The number of aromatic amines is 1. The fourth-order valence-electron chi connectivity index (χ4n) is 4.84. The number of fused-ring (bicyclic) bond motifs is 1. The van der Waals surface area contributed by atoms with Crippen molar-refractivity contribution in [3.8, 4) is 5.88 Å². The number of methoxy groups -OCH3 is 1. The Labute approximate surface area is 244 Å². The van der Waals surface area contributed by atoms with Crippen molar-refractivity contribution >= 4 is 39.9 Å². The van der Waals surface area contributed by atoms with E-state index in [2.05, 4.69) is 4.98 Å². The Morgan fingerprint density at radius 1 is 0.857 bits per heavy atom. The van der Waals surface area contributed by atoms with E-state index in [1.807, 2.05) is 96.9 Å². The summed E-state index contributed by atoms with van der Waals surface area (Å²) in [4.78, 5) is 36.6. The van der Waals surface area contributed by atoms with Gasteiger partial charge in [-0.2, -0.15) is 0 Å². The zero-order chi connectivity index (χ0) is 29.6. The van der Waals surface area contributed by atoms with Gasteiger partial charge < -0.3 is 19.7 Å². The van der Waals surface area contributed by atoms with Crippen molar-refractivity contribution in [3.05, 3.63) is 125 Å². The highest BCUT2D eigenvalue weighted by atomic mass is 16.5. The largest absolute Gasteiger partial charge is 0.494 e. The molecule has 0 atom stereocenters. The molecule has 0 bridgehead atoms. The van der Waals surface area contributed by atoms with Crippen LogP contribution in [0.15, 0.2) is 108 Å². The minimum Gasteiger partial charge on any atom is -0.494 e. The van der Waals surface area contributed by atoms with Gasteiger partial charge in [0.05, 0.1) is 36.2 Å². The SMILES string of the molecule is COC(=O)c1ccc2c(C(=Nc3ccc(N(C)C(=O)CN(C)Cc4ccccc4)cc3)c3ccccc3)c(O)[nH]c2c1. The zero-order valence-electron chi connectivity index (χ0n) is 23.7. The Bertz CT molecular complexity index is 1730.